The average Bonchev–Trinajstić information content (AvgIpc) is 3.06. The first-order chi connectivity index (χ1) is 13.9. The lowest BCUT2D eigenvalue weighted by Crippen LogP contribution is -2.28. The molecule has 8 nitrogen and oxygen atoms in total. The van der Waals surface area contributed by atoms with Crippen molar-refractivity contribution in [1.29, 1.82) is 0 Å². The maximum Gasteiger partial charge on any atom is 0.389 e. The van der Waals surface area contributed by atoms with Gasteiger partial charge in [0.1, 0.15) is 11.5 Å². The lowest BCUT2D eigenvalue weighted by Gasteiger charge is -2.18. The van der Waals surface area contributed by atoms with E-state index in [1.165, 1.54) is 6.08 Å². The summed E-state index contributed by atoms with van der Waals surface area (Å²) >= 11 is 6.17. The molecule has 2 aromatic rings. The molecule has 0 bridgehead atoms. The average molecular weight is 442 g/mol. The van der Waals surface area contributed by atoms with Crippen LogP contribution < -0.4 is 11.1 Å². The maximum atomic E-state index is 14.8. The molecule has 0 saturated carbocycles. The van der Waals surface area contributed by atoms with Gasteiger partial charge in [-0.1, -0.05) is 35.9 Å². The molecular formula is C18H22ClFN5O3P. The highest BCUT2D eigenvalue weighted by molar-refractivity contribution is 7.58. The van der Waals surface area contributed by atoms with Gasteiger partial charge in [0.2, 0.25) is 5.57 Å². The summed E-state index contributed by atoms with van der Waals surface area (Å²) < 4.78 is 39.4. The molecule has 1 atom stereocenters. The number of anilines is 1. The third-order valence-corrected chi connectivity index (χ3v) is 6.27. The molecule has 0 spiro atoms. The van der Waals surface area contributed by atoms with Gasteiger partial charge < -0.3 is 24.7 Å². The van der Waals surface area contributed by atoms with Crippen LogP contribution in [0.3, 0.4) is 0 Å². The molecule has 0 aliphatic carbocycles. The zero-order valence-corrected chi connectivity index (χ0v) is 17.7. The first-order valence-corrected chi connectivity index (χ1v) is 11.0. The van der Waals surface area contributed by atoms with E-state index in [0.717, 1.165) is 5.56 Å². The van der Waals surface area contributed by atoms with Gasteiger partial charge in [-0.05, 0) is 31.1 Å². The maximum absolute atomic E-state index is 14.8. The minimum Gasteiger partial charge on any atom is -0.370 e. The number of benzene rings is 1. The predicted octanol–water partition coefficient (Wildman–Crippen LogP) is 4.44. The molecule has 156 valence electrons. The zero-order valence-electron chi connectivity index (χ0n) is 16.0. The number of aromatic nitrogens is 2. The van der Waals surface area contributed by atoms with E-state index in [-0.39, 0.29) is 19.2 Å². The summed E-state index contributed by atoms with van der Waals surface area (Å²) in [5, 5.41) is 2.95. The van der Waals surface area contributed by atoms with Gasteiger partial charge in [0.25, 0.3) is 0 Å². The highest BCUT2D eigenvalue weighted by Crippen LogP contribution is 2.57. The fraction of sp³-hybridized carbons (Fsp3) is 0.333. The van der Waals surface area contributed by atoms with Crippen molar-refractivity contribution in [3.05, 3.63) is 53.0 Å². The van der Waals surface area contributed by atoms with Crippen molar-refractivity contribution in [3.63, 3.8) is 0 Å². The third-order valence-electron chi connectivity index (χ3n) is 4.12. The van der Waals surface area contributed by atoms with Crippen LogP contribution in [0, 0.1) is 0 Å². The molecule has 1 aromatic carbocycles. The molecule has 1 aliphatic heterocycles. The molecule has 0 saturated heterocycles. The minimum atomic E-state index is -3.99. The lowest BCUT2D eigenvalue weighted by atomic mass is 10.1. The first-order valence-electron chi connectivity index (χ1n) is 9.02. The van der Waals surface area contributed by atoms with E-state index in [0.29, 0.717) is 23.6 Å². The number of alkyl halides is 1. The van der Waals surface area contributed by atoms with Gasteiger partial charge in [-0.15, -0.1) is 0 Å². The van der Waals surface area contributed by atoms with Crippen molar-refractivity contribution in [2.24, 2.45) is 10.7 Å². The summed E-state index contributed by atoms with van der Waals surface area (Å²) in [6.45, 7) is 3.73. The second kappa shape index (κ2) is 9.09. The summed E-state index contributed by atoms with van der Waals surface area (Å²) in [4.78, 5) is 8.30. The molecule has 3 rings (SSSR count). The zero-order chi connectivity index (χ0) is 21.0. The van der Waals surface area contributed by atoms with Crippen LogP contribution in [0.2, 0.25) is 0 Å². The van der Waals surface area contributed by atoms with Crippen molar-refractivity contribution in [2.75, 3.05) is 18.5 Å². The minimum absolute atomic E-state index is 0.0651. The summed E-state index contributed by atoms with van der Waals surface area (Å²) in [6.07, 6.45) is 2.78. The standard InChI is InChI=1S/C18H22ClFN5O3P/c1-3-27-29(26,28-4-2)14(20)9-12-7-5-6-8-13(12)10-25-11-22-15-16(19)23-18(21)24-17(15)25/h5-9,11,16H,3-4,10H2,1-2H3,(H3,21,23,24). The quantitative estimate of drug-likeness (QED) is 0.356. The number of hydrogen-bond acceptors (Lipinski definition) is 7. The molecular weight excluding hydrogens is 420 g/mol. The van der Waals surface area contributed by atoms with Crippen LogP contribution >= 0.6 is 19.2 Å². The van der Waals surface area contributed by atoms with Crippen LogP contribution in [-0.4, -0.2) is 28.7 Å². The van der Waals surface area contributed by atoms with Crippen LogP contribution in [0.15, 0.2) is 41.2 Å². The Hall–Kier alpha value is -2.19. The second-order valence-corrected chi connectivity index (χ2v) is 8.43. The number of aliphatic imine (C=N–C) groups is 1. The van der Waals surface area contributed by atoms with Crippen molar-refractivity contribution < 1.29 is 18.0 Å². The van der Waals surface area contributed by atoms with E-state index in [9.17, 15) is 8.96 Å². The number of nitrogens with one attached hydrogen (secondary N) is 1. The van der Waals surface area contributed by atoms with Crippen molar-refractivity contribution in [3.8, 4) is 0 Å². The number of nitrogens with two attached hydrogens (primary N) is 1. The van der Waals surface area contributed by atoms with Gasteiger partial charge in [-0.25, -0.2) is 9.98 Å². The number of nitrogens with zero attached hydrogens (tertiary/aromatic N) is 3. The number of rotatable bonds is 8. The second-order valence-electron chi connectivity index (χ2n) is 6.08. The Bertz CT molecular complexity index is 984. The molecule has 0 amide bonds. The Labute approximate surface area is 173 Å². The lowest BCUT2D eigenvalue weighted by molar-refractivity contribution is 0.220. The Morgan fingerprint density at radius 3 is 2.76 bits per heavy atom. The normalized spacial score (nSPS) is 16.9. The number of imidazole rings is 1. The smallest absolute Gasteiger partial charge is 0.370 e. The van der Waals surface area contributed by atoms with Gasteiger partial charge in [-0.2, -0.15) is 4.39 Å². The monoisotopic (exact) mass is 441 g/mol. The number of guanidine groups is 1. The van der Waals surface area contributed by atoms with Gasteiger partial charge in [0, 0.05) is 0 Å². The highest BCUT2D eigenvalue weighted by atomic mass is 35.5. The SMILES string of the molecule is CCOP(=O)(OCC)C(F)=Cc1ccccc1Cn1cnc2c1NC(N)=NC2Cl. The van der Waals surface area contributed by atoms with Crippen LogP contribution in [0.5, 0.6) is 0 Å². The molecule has 11 heteroatoms. The first kappa shape index (κ1) is 21.5. The van der Waals surface area contributed by atoms with E-state index >= 15 is 0 Å². The van der Waals surface area contributed by atoms with Crippen molar-refractivity contribution in [2.45, 2.75) is 25.9 Å². The van der Waals surface area contributed by atoms with Gasteiger partial charge in [0.05, 0.1) is 26.1 Å². The van der Waals surface area contributed by atoms with E-state index in [1.54, 1.807) is 36.9 Å². The topological polar surface area (TPSA) is 104 Å². The molecule has 29 heavy (non-hydrogen) atoms. The Morgan fingerprint density at radius 1 is 1.38 bits per heavy atom. The fourth-order valence-electron chi connectivity index (χ4n) is 2.88. The van der Waals surface area contributed by atoms with Gasteiger partial charge >= 0.3 is 7.60 Å². The number of fused-ring (bicyclic) bond motifs is 1. The molecule has 1 aliphatic rings. The molecule has 2 heterocycles. The largest absolute Gasteiger partial charge is 0.389 e. The van der Waals surface area contributed by atoms with E-state index in [2.05, 4.69) is 15.3 Å². The Kier molecular flexibility index (Phi) is 6.74. The predicted molar refractivity (Wildman–Crippen MR) is 112 cm³/mol. The Balaban J connectivity index is 1.93. The number of halogens is 2. The van der Waals surface area contributed by atoms with Crippen LogP contribution in [0.1, 0.15) is 36.2 Å². The van der Waals surface area contributed by atoms with Crippen LogP contribution in [-0.2, 0) is 20.2 Å². The van der Waals surface area contributed by atoms with Crippen molar-refractivity contribution >= 4 is 37.1 Å². The van der Waals surface area contributed by atoms with E-state index in [1.807, 2.05) is 12.1 Å². The Morgan fingerprint density at radius 2 is 2.07 bits per heavy atom. The number of hydrogen-bond donors (Lipinski definition) is 2. The summed E-state index contributed by atoms with van der Waals surface area (Å²) in [5.41, 5.74) is 5.98. The van der Waals surface area contributed by atoms with E-state index < -0.39 is 18.7 Å². The fourth-order valence-corrected chi connectivity index (χ4v) is 4.44. The molecule has 3 N–H and O–H groups in total. The molecule has 1 unspecified atom stereocenters. The summed E-state index contributed by atoms with van der Waals surface area (Å²) in [6, 6.07) is 7.13. The van der Waals surface area contributed by atoms with Crippen LogP contribution in [0.25, 0.3) is 6.08 Å². The highest BCUT2D eigenvalue weighted by Gasteiger charge is 2.30. The third kappa shape index (κ3) is 4.70. The van der Waals surface area contributed by atoms with Gasteiger partial charge in [-0.3, -0.25) is 4.57 Å². The molecule has 0 fully saturated rings. The summed E-state index contributed by atoms with van der Waals surface area (Å²) in [7, 11) is -3.99. The van der Waals surface area contributed by atoms with Crippen molar-refractivity contribution in [1.82, 2.24) is 9.55 Å². The van der Waals surface area contributed by atoms with Crippen LogP contribution in [0.4, 0.5) is 10.2 Å². The van der Waals surface area contributed by atoms with Gasteiger partial charge in [0.15, 0.2) is 11.5 Å². The summed E-state index contributed by atoms with van der Waals surface area (Å²) in [5.74, 6) is 0.805. The molecule has 0 radical (unpaired) electrons. The van der Waals surface area contributed by atoms with E-state index in [4.69, 9.17) is 26.4 Å². The molecule has 1 aromatic heterocycles.